The number of aryl methyl sites for hydroxylation is 1. The van der Waals surface area contributed by atoms with Crippen molar-refractivity contribution < 1.29 is 14.3 Å². The Morgan fingerprint density at radius 3 is 2.38 bits per heavy atom. The van der Waals surface area contributed by atoms with Crippen molar-refractivity contribution in [3.63, 3.8) is 0 Å². The summed E-state index contributed by atoms with van der Waals surface area (Å²) in [6.07, 6.45) is 2.64. The fraction of sp³-hybridized carbons (Fsp3) is 0.619. The van der Waals surface area contributed by atoms with Crippen molar-refractivity contribution in [1.29, 1.82) is 0 Å². The average molecular weight is 360 g/mol. The molecule has 0 saturated carbocycles. The third-order valence-corrected chi connectivity index (χ3v) is 5.20. The van der Waals surface area contributed by atoms with E-state index in [2.05, 4.69) is 50.4 Å². The molecule has 0 spiro atoms. The maximum absolute atomic E-state index is 12.3. The molecule has 5 nitrogen and oxygen atoms in total. The highest BCUT2D eigenvalue weighted by Gasteiger charge is 2.26. The van der Waals surface area contributed by atoms with Crippen molar-refractivity contribution in [3.05, 3.63) is 35.4 Å². The van der Waals surface area contributed by atoms with E-state index in [1.54, 1.807) is 4.90 Å². The van der Waals surface area contributed by atoms with Crippen LogP contribution in [0.1, 0.15) is 57.6 Å². The van der Waals surface area contributed by atoms with Crippen molar-refractivity contribution in [2.45, 2.75) is 64.8 Å². The van der Waals surface area contributed by atoms with Crippen molar-refractivity contribution >= 4 is 12.0 Å². The molecule has 5 heteroatoms. The van der Waals surface area contributed by atoms with E-state index in [0.717, 1.165) is 19.3 Å². The van der Waals surface area contributed by atoms with E-state index in [1.165, 1.54) is 11.1 Å². The Kier molecular flexibility index (Phi) is 7.06. The summed E-state index contributed by atoms with van der Waals surface area (Å²) in [6, 6.07) is 8.69. The largest absolute Gasteiger partial charge is 0.450 e. The highest BCUT2D eigenvalue weighted by molar-refractivity contribution is 5.76. The SMILES string of the molecule is CCOC(=O)N1CCC(NC(=O)CCC(C)(C)c2ccc(C)cc2)CC1. The first-order chi connectivity index (χ1) is 12.3. The number of amides is 2. The molecular weight excluding hydrogens is 328 g/mol. The molecule has 1 heterocycles. The zero-order valence-corrected chi connectivity index (χ0v) is 16.5. The van der Waals surface area contributed by atoms with Gasteiger partial charge in [-0.05, 0) is 44.1 Å². The normalized spacial score (nSPS) is 15.6. The number of likely N-dealkylation sites (tertiary alicyclic amines) is 1. The predicted molar refractivity (Wildman–Crippen MR) is 103 cm³/mol. The Labute approximate surface area is 157 Å². The molecule has 1 aliphatic heterocycles. The fourth-order valence-corrected chi connectivity index (χ4v) is 3.30. The van der Waals surface area contributed by atoms with Gasteiger partial charge in [0.1, 0.15) is 0 Å². The van der Waals surface area contributed by atoms with Crippen LogP contribution in [-0.4, -0.2) is 42.6 Å². The molecule has 0 atom stereocenters. The third-order valence-electron chi connectivity index (χ3n) is 5.20. The maximum atomic E-state index is 12.3. The molecule has 0 aliphatic carbocycles. The smallest absolute Gasteiger partial charge is 0.409 e. The molecule has 1 N–H and O–H groups in total. The van der Waals surface area contributed by atoms with Crippen LogP contribution in [0.4, 0.5) is 4.79 Å². The number of nitrogens with zero attached hydrogens (tertiary/aromatic N) is 1. The molecule has 1 saturated heterocycles. The van der Waals surface area contributed by atoms with E-state index in [4.69, 9.17) is 4.74 Å². The van der Waals surface area contributed by atoms with E-state index < -0.39 is 0 Å². The number of piperidine rings is 1. The number of hydrogen-bond donors (Lipinski definition) is 1. The Hall–Kier alpha value is -2.04. The second-order valence-corrected chi connectivity index (χ2v) is 7.78. The molecule has 26 heavy (non-hydrogen) atoms. The first-order valence-electron chi connectivity index (χ1n) is 9.60. The van der Waals surface area contributed by atoms with Crippen LogP contribution < -0.4 is 5.32 Å². The van der Waals surface area contributed by atoms with Crippen LogP contribution in [0.3, 0.4) is 0 Å². The zero-order chi connectivity index (χ0) is 19.2. The number of nitrogens with one attached hydrogen (secondary N) is 1. The van der Waals surface area contributed by atoms with E-state index in [1.807, 2.05) is 6.92 Å². The van der Waals surface area contributed by atoms with Gasteiger partial charge in [0, 0.05) is 25.6 Å². The summed E-state index contributed by atoms with van der Waals surface area (Å²) < 4.78 is 5.02. The van der Waals surface area contributed by atoms with Crippen LogP contribution >= 0.6 is 0 Å². The van der Waals surface area contributed by atoms with Gasteiger partial charge in [-0.15, -0.1) is 0 Å². The summed E-state index contributed by atoms with van der Waals surface area (Å²) in [6.45, 7) is 9.93. The highest BCUT2D eigenvalue weighted by atomic mass is 16.6. The first kappa shape index (κ1) is 20.3. The van der Waals surface area contributed by atoms with E-state index >= 15 is 0 Å². The number of carbonyl (C=O) groups excluding carboxylic acids is 2. The average Bonchev–Trinajstić information content (AvgIpc) is 2.61. The molecule has 2 amide bonds. The summed E-state index contributed by atoms with van der Waals surface area (Å²) in [7, 11) is 0. The lowest BCUT2D eigenvalue weighted by atomic mass is 9.80. The minimum atomic E-state index is -0.253. The Balaban J connectivity index is 1.75. The monoisotopic (exact) mass is 360 g/mol. The minimum absolute atomic E-state index is 0.0294. The van der Waals surface area contributed by atoms with E-state index in [0.29, 0.717) is 26.1 Å². The Morgan fingerprint density at radius 2 is 1.81 bits per heavy atom. The fourth-order valence-electron chi connectivity index (χ4n) is 3.30. The summed E-state index contributed by atoms with van der Waals surface area (Å²) in [5, 5.41) is 3.13. The first-order valence-corrected chi connectivity index (χ1v) is 9.60. The van der Waals surface area contributed by atoms with Gasteiger partial charge < -0.3 is 15.0 Å². The zero-order valence-electron chi connectivity index (χ0n) is 16.5. The molecule has 0 radical (unpaired) electrons. The van der Waals surface area contributed by atoms with Gasteiger partial charge in [0.25, 0.3) is 0 Å². The van der Waals surface area contributed by atoms with Crippen LogP contribution in [0.15, 0.2) is 24.3 Å². The topological polar surface area (TPSA) is 58.6 Å². The lowest BCUT2D eigenvalue weighted by Gasteiger charge is -2.32. The summed E-state index contributed by atoms with van der Waals surface area (Å²) in [5.41, 5.74) is 2.48. The van der Waals surface area contributed by atoms with E-state index in [9.17, 15) is 9.59 Å². The van der Waals surface area contributed by atoms with Gasteiger partial charge in [-0.1, -0.05) is 43.7 Å². The molecule has 1 fully saturated rings. The number of carbonyl (C=O) groups is 2. The maximum Gasteiger partial charge on any atom is 0.409 e. The molecule has 0 bridgehead atoms. The lowest BCUT2D eigenvalue weighted by Crippen LogP contribution is -2.46. The number of hydrogen-bond acceptors (Lipinski definition) is 3. The van der Waals surface area contributed by atoms with Gasteiger partial charge in [-0.25, -0.2) is 4.79 Å². The second-order valence-electron chi connectivity index (χ2n) is 7.78. The summed E-state index contributed by atoms with van der Waals surface area (Å²) in [5.74, 6) is 0.0970. The molecule has 1 aliphatic rings. The van der Waals surface area contributed by atoms with Crippen LogP contribution in [0.5, 0.6) is 0 Å². The van der Waals surface area contributed by atoms with Gasteiger partial charge in [0.2, 0.25) is 5.91 Å². The van der Waals surface area contributed by atoms with Gasteiger partial charge >= 0.3 is 6.09 Å². The van der Waals surface area contributed by atoms with Crippen LogP contribution in [0.2, 0.25) is 0 Å². The number of rotatable bonds is 6. The standard InChI is InChI=1S/C21H32N2O3/c1-5-26-20(25)23-14-11-18(12-15-23)22-19(24)10-13-21(3,4)17-8-6-16(2)7-9-17/h6-9,18H,5,10-15H2,1-4H3,(H,22,24). The number of benzene rings is 1. The van der Waals surface area contributed by atoms with Crippen LogP contribution in [0.25, 0.3) is 0 Å². The quantitative estimate of drug-likeness (QED) is 0.840. The van der Waals surface area contributed by atoms with Crippen molar-refractivity contribution in [2.75, 3.05) is 19.7 Å². The van der Waals surface area contributed by atoms with Gasteiger partial charge in [-0.2, -0.15) is 0 Å². The van der Waals surface area contributed by atoms with Crippen molar-refractivity contribution in [2.24, 2.45) is 0 Å². The molecule has 2 rings (SSSR count). The van der Waals surface area contributed by atoms with Crippen molar-refractivity contribution in [1.82, 2.24) is 10.2 Å². The third kappa shape index (κ3) is 5.75. The Morgan fingerprint density at radius 1 is 1.19 bits per heavy atom. The van der Waals surface area contributed by atoms with E-state index in [-0.39, 0.29) is 23.5 Å². The Bertz CT molecular complexity index is 602. The van der Waals surface area contributed by atoms with Crippen LogP contribution in [-0.2, 0) is 14.9 Å². The van der Waals surface area contributed by atoms with Gasteiger partial charge in [-0.3, -0.25) is 4.79 Å². The molecule has 144 valence electrons. The number of ether oxygens (including phenoxy) is 1. The molecule has 0 aromatic heterocycles. The summed E-state index contributed by atoms with van der Waals surface area (Å²) in [4.78, 5) is 25.8. The predicted octanol–water partition coefficient (Wildman–Crippen LogP) is 3.79. The minimum Gasteiger partial charge on any atom is -0.450 e. The second kappa shape index (κ2) is 9.06. The molecule has 1 aromatic carbocycles. The lowest BCUT2D eigenvalue weighted by molar-refractivity contribution is -0.122. The van der Waals surface area contributed by atoms with Crippen LogP contribution in [0, 0.1) is 6.92 Å². The molecular formula is C21H32N2O3. The van der Waals surface area contributed by atoms with Gasteiger partial charge in [0.15, 0.2) is 0 Å². The molecule has 0 unspecified atom stereocenters. The summed E-state index contributed by atoms with van der Waals surface area (Å²) >= 11 is 0. The molecule has 1 aromatic rings. The van der Waals surface area contributed by atoms with Gasteiger partial charge in [0.05, 0.1) is 6.61 Å². The van der Waals surface area contributed by atoms with Crippen molar-refractivity contribution in [3.8, 4) is 0 Å². The highest BCUT2D eigenvalue weighted by Crippen LogP contribution is 2.28.